The Bertz CT molecular complexity index is 534. The van der Waals surface area contributed by atoms with Crippen molar-refractivity contribution in [3.05, 3.63) is 29.8 Å². The van der Waals surface area contributed by atoms with Gasteiger partial charge >= 0.3 is 12.2 Å². The van der Waals surface area contributed by atoms with Crippen molar-refractivity contribution in [3.8, 4) is 5.75 Å². The molecule has 0 aliphatic carbocycles. The molecule has 2 unspecified atom stereocenters. The number of aliphatic hydroxyl groups is 1. The van der Waals surface area contributed by atoms with Crippen LogP contribution in [0.3, 0.4) is 0 Å². The zero-order valence-corrected chi connectivity index (χ0v) is 12.6. The van der Waals surface area contributed by atoms with E-state index in [4.69, 9.17) is 4.74 Å². The van der Waals surface area contributed by atoms with Gasteiger partial charge in [0.2, 0.25) is 0 Å². The third-order valence-electron chi connectivity index (χ3n) is 3.82. The fourth-order valence-corrected chi connectivity index (χ4v) is 2.67. The van der Waals surface area contributed by atoms with Crippen molar-refractivity contribution < 1.29 is 27.8 Å². The Kier molecular flexibility index (Phi) is 5.35. The van der Waals surface area contributed by atoms with Crippen LogP contribution in [0.4, 0.5) is 18.0 Å². The van der Waals surface area contributed by atoms with Crippen molar-refractivity contribution in [2.45, 2.75) is 31.2 Å². The van der Waals surface area contributed by atoms with E-state index in [0.717, 1.165) is 0 Å². The van der Waals surface area contributed by atoms with Crippen molar-refractivity contribution in [1.82, 2.24) is 10.2 Å². The largest absolute Gasteiger partial charge is 0.497 e. The van der Waals surface area contributed by atoms with Gasteiger partial charge in [-0.15, -0.1) is 0 Å². The first-order chi connectivity index (χ1) is 10.8. The number of aliphatic hydroxyl groups excluding tert-OH is 1. The summed E-state index contributed by atoms with van der Waals surface area (Å²) in [6, 6.07) is 5.36. The van der Waals surface area contributed by atoms with E-state index in [9.17, 15) is 23.1 Å². The lowest BCUT2D eigenvalue weighted by Crippen LogP contribution is -2.47. The van der Waals surface area contributed by atoms with Crippen LogP contribution in [0.15, 0.2) is 24.3 Å². The average molecular weight is 332 g/mol. The monoisotopic (exact) mass is 332 g/mol. The second-order valence-electron chi connectivity index (χ2n) is 5.39. The summed E-state index contributed by atoms with van der Waals surface area (Å²) in [5.41, 5.74) is 0.589. The van der Waals surface area contributed by atoms with Gasteiger partial charge in [-0.3, -0.25) is 0 Å². The maximum absolute atomic E-state index is 12.2. The maximum Gasteiger partial charge on any atom is 0.405 e. The normalized spacial score (nSPS) is 19.5. The molecule has 0 bridgehead atoms. The Hall–Kier alpha value is -1.96. The highest BCUT2D eigenvalue weighted by Crippen LogP contribution is 2.30. The molecule has 2 atom stereocenters. The number of urea groups is 1. The number of halogens is 3. The molecule has 1 saturated heterocycles. The first kappa shape index (κ1) is 17.4. The summed E-state index contributed by atoms with van der Waals surface area (Å²) < 4.78 is 41.6. The van der Waals surface area contributed by atoms with Gasteiger partial charge in [0.25, 0.3) is 0 Å². The third-order valence-corrected chi connectivity index (χ3v) is 3.82. The number of hydrogen-bond acceptors (Lipinski definition) is 3. The van der Waals surface area contributed by atoms with Crippen LogP contribution in [0, 0.1) is 0 Å². The lowest BCUT2D eigenvalue weighted by atomic mass is 10.0. The zero-order valence-electron chi connectivity index (χ0n) is 12.6. The van der Waals surface area contributed by atoms with Crippen LogP contribution in [0.2, 0.25) is 0 Å². The van der Waals surface area contributed by atoms with Gasteiger partial charge in [-0.1, -0.05) is 12.1 Å². The van der Waals surface area contributed by atoms with Crippen LogP contribution in [0.5, 0.6) is 5.75 Å². The van der Waals surface area contributed by atoms with Crippen LogP contribution < -0.4 is 10.1 Å². The van der Waals surface area contributed by atoms with Crippen LogP contribution >= 0.6 is 0 Å². The number of nitrogens with one attached hydrogen (secondary N) is 1. The molecule has 1 aromatic rings. The molecule has 2 rings (SSSR count). The zero-order chi connectivity index (χ0) is 17.0. The number of ether oxygens (including phenoxy) is 1. The molecule has 1 fully saturated rings. The molecular formula is C15H19F3N2O3. The minimum atomic E-state index is -4.46. The molecule has 5 nitrogen and oxygen atoms in total. The molecule has 0 radical (unpaired) electrons. The van der Waals surface area contributed by atoms with Gasteiger partial charge in [0.05, 0.1) is 19.3 Å². The van der Waals surface area contributed by atoms with Gasteiger partial charge in [0, 0.05) is 6.54 Å². The van der Waals surface area contributed by atoms with Gasteiger partial charge in [0.15, 0.2) is 0 Å². The quantitative estimate of drug-likeness (QED) is 0.890. The van der Waals surface area contributed by atoms with Gasteiger partial charge in [-0.25, -0.2) is 4.79 Å². The van der Waals surface area contributed by atoms with E-state index in [2.05, 4.69) is 0 Å². The number of likely N-dealkylation sites (tertiary alicyclic amines) is 1. The summed E-state index contributed by atoms with van der Waals surface area (Å²) in [6.45, 7) is -1.06. The molecule has 1 aliphatic heterocycles. The minimum Gasteiger partial charge on any atom is -0.497 e. The number of alkyl halides is 3. The molecule has 8 heteroatoms. The number of hydrogen-bond donors (Lipinski definition) is 2. The van der Waals surface area contributed by atoms with E-state index >= 15 is 0 Å². The van der Waals surface area contributed by atoms with E-state index in [1.54, 1.807) is 24.3 Å². The Balaban J connectivity index is 2.03. The van der Waals surface area contributed by atoms with E-state index in [-0.39, 0.29) is 0 Å². The van der Waals surface area contributed by atoms with Crippen LogP contribution in [-0.2, 0) is 0 Å². The molecule has 1 heterocycles. The lowest BCUT2D eigenvalue weighted by Gasteiger charge is -2.29. The summed E-state index contributed by atoms with van der Waals surface area (Å²) in [4.78, 5) is 13.2. The van der Waals surface area contributed by atoms with Crippen molar-refractivity contribution in [2.75, 3.05) is 20.2 Å². The molecule has 1 aliphatic rings. The fourth-order valence-electron chi connectivity index (χ4n) is 2.67. The van der Waals surface area contributed by atoms with Gasteiger partial charge in [0.1, 0.15) is 12.3 Å². The Morgan fingerprint density at radius 1 is 1.43 bits per heavy atom. The Morgan fingerprint density at radius 2 is 2.09 bits per heavy atom. The predicted molar refractivity (Wildman–Crippen MR) is 77.1 cm³/mol. The SMILES string of the molecule is COc1ccc(C(O)C2CCCN2C(=O)NCC(F)(F)F)cc1. The van der Waals surface area contributed by atoms with E-state index in [0.29, 0.717) is 30.7 Å². The van der Waals surface area contributed by atoms with Crippen LogP contribution in [0.1, 0.15) is 24.5 Å². The first-order valence-electron chi connectivity index (χ1n) is 7.25. The highest BCUT2D eigenvalue weighted by molar-refractivity contribution is 5.75. The Morgan fingerprint density at radius 3 is 2.65 bits per heavy atom. The summed E-state index contributed by atoms with van der Waals surface area (Å²) >= 11 is 0. The summed E-state index contributed by atoms with van der Waals surface area (Å²) in [5, 5.41) is 12.3. The fraction of sp³-hybridized carbons (Fsp3) is 0.533. The molecule has 0 saturated carbocycles. The van der Waals surface area contributed by atoms with Crippen LogP contribution in [0.25, 0.3) is 0 Å². The van der Waals surface area contributed by atoms with Crippen molar-refractivity contribution in [2.24, 2.45) is 0 Å². The lowest BCUT2D eigenvalue weighted by molar-refractivity contribution is -0.123. The van der Waals surface area contributed by atoms with Crippen molar-refractivity contribution in [3.63, 3.8) is 0 Å². The standard InChI is InChI=1S/C15H19F3N2O3/c1-23-11-6-4-10(5-7-11)13(21)12-3-2-8-20(12)14(22)19-9-15(16,17)18/h4-7,12-13,21H,2-3,8-9H2,1H3,(H,19,22). The first-order valence-corrected chi connectivity index (χ1v) is 7.25. The molecule has 128 valence electrons. The smallest absolute Gasteiger partial charge is 0.405 e. The van der Waals surface area contributed by atoms with Crippen molar-refractivity contribution in [1.29, 1.82) is 0 Å². The molecule has 1 aromatic carbocycles. The number of rotatable bonds is 4. The number of methoxy groups -OCH3 is 1. The number of carbonyl (C=O) groups is 1. The van der Waals surface area contributed by atoms with E-state index < -0.39 is 30.9 Å². The summed E-state index contributed by atoms with van der Waals surface area (Å²) in [5.74, 6) is 0.632. The van der Waals surface area contributed by atoms with Gasteiger partial charge in [-0.05, 0) is 30.5 Å². The highest BCUT2D eigenvalue weighted by atomic mass is 19.4. The summed E-state index contributed by atoms with van der Waals surface area (Å²) in [7, 11) is 1.52. The molecular weight excluding hydrogens is 313 g/mol. The van der Waals surface area contributed by atoms with Crippen molar-refractivity contribution >= 4 is 6.03 Å². The third kappa shape index (κ3) is 4.51. The number of carbonyl (C=O) groups excluding carboxylic acids is 1. The Labute approximate surface area is 132 Å². The number of nitrogens with zero attached hydrogens (tertiary/aromatic N) is 1. The van der Waals surface area contributed by atoms with E-state index in [1.165, 1.54) is 12.0 Å². The molecule has 0 aromatic heterocycles. The predicted octanol–water partition coefficient (Wildman–Crippen LogP) is 2.46. The number of benzene rings is 1. The number of amides is 2. The van der Waals surface area contributed by atoms with E-state index in [1.807, 2.05) is 5.32 Å². The molecule has 2 N–H and O–H groups in total. The second kappa shape index (κ2) is 7.08. The van der Waals surface area contributed by atoms with Gasteiger partial charge < -0.3 is 20.1 Å². The average Bonchev–Trinajstić information content (AvgIpc) is 3.01. The molecule has 2 amide bonds. The minimum absolute atomic E-state index is 0.321. The molecule has 0 spiro atoms. The molecule has 23 heavy (non-hydrogen) atoms. The summed E-state index contributed by atoms with van der Waals surface area (Å²) in [6.07, 6.45) is -4.25. The van der Waals surface area contributed by atoms with Gasteiger partial charge in [-0.2, -0.15) is 13.2 Å². The second-order valence-corrected chi connectivity index (χ2v) is 5.39. The topological polar surface area (TPSA) is 61.8 Å². The highest BCUT2D eigenvalue weighted by Gasteiger charge is 2.36. The van der Waals surface area contributed by atoms with Crippen LogP contribution in [-0.4, -0.2) is 48.5 Å². The maximum atomic E-state index is 12.2.